The number of thioether (sulfide) groups is 1. The molecule has 0 N–H and O–H groups in total. The Kier molecular flexibility index (Phi) is 6.28. The van der Waals surface area contributed by atoms with Crippen LogP contribution in [0.15, 0.2) is 70.7 Å². The van der Waals surface area contributed by atoms with Crippen molar-refractivity contribution in [2.45, 2.75) is 30.5 Å². The van der Waals surface area contributed by atoms with Crippen molar-refractivity contribution in [3.63, 3.8) is 0 Å². The highest BCUT2D eigenvalue weighted by atomic mass is 32.2. The largest absolute Gasteiger partial charge is 0.312 e. The molecule has 1 amide bonds. The van der Waals surface area contributed by atoms with Crippen molar-refractivity contribution in [1.82, 2.24) is 19.8 Å². The number of rotatable bonds is 5. The van der Waals surface area contributed by atoms with Gasteiger partial charge in [0.1, 0.15) is 18.0 Å². The van der Waals surface area contributed by atoms with Crippen LogP contribution in [0.5, 0.6) is 0 Å². The third-order valence-corrected chi connectivity index (χ3v) is 7.19. The Morgan fingerprint density at radius 3 is 2.50 bits per heavy atom. The molecule has 1 aliphatic carbocycles. The zero-order valence-electron chi connectivity index (χ0n) is 18.6. The number of hydrazone groups is 1. The molecule has 34 heavy (non-hydrogen) atoms. The third kappa shape index (κ3) is 4.52. The first-order chi connectivity index (χ1) is 16.5. The molecule has 5 rings (SSSR count). The second kappa shape index (κ2) is 9.50. The van der Waals surface area contributed by atoms with Crippen molar-refractivity contribution in [2.75, 3.05) is 5.75 Å². The fraction of sp³-hybridized carbons (Fsp3) is 0.280. The molecule has 0 bridgehead atoms. The van der Waals surface area contributed by atoms with Gasteiger partial charge in [-0.25, -0.2) is 13.8 Å². The van der Waals surface area contributed by atoms with Gasteiger partial charge in [-0.2, -0.15) is 5.10 Å². The lowest BCUT2D eigenvalue weighted by Crippen LogP contribution is -2.32. The quantitative estimate of drug-likeness (QED) is 0.483. The van der Waals surface area contributed by atoms with Crippen molar-refractivity contribution in [1.29, 1.82) is 0 Å². The number of aryl methyl sites for hydroxylation is 1. The van der Waals surface area contributed by atoms with Crippen LogP contribution in [0.25, 0.3) is 6.08 Å². The summed E-state index contributed by atoms with van der Waals surface area (Å²) in [4.78, 5) is 13.4. The van der Waals surface area contributed by atoms with Crippen molar-refractivity contribution < 1.29 is 13.6 Å². The average Bonchev–Trinajstić information content (AvgIpc) is 3.43. The summed E-state index contributed by atoms with van der Waals surface area (Å²) >= 11 is 1.31. The highest BCUT2D eigenvalue weighted by Gasteiger charge is 2.43. The third-order valence-electron chi connectivity index (χ3n) is 6.17. The van der Waals surface area contributed by atoms with E-state index in [4.69, 9.17) is 5.10 Å². The average molecular weight is 480 g/mol. The molecule has 1 saturated carbocycles. The predicted octanol–water partition coefficient (Wildman–Crippen LogP) is 5.01. The van der Waals surface area contributed by atoms with Crippen LogP contribution in [0.1, 0.15) is 36.4 Å². The molecule has 0 saturated heterocycles. The molecular formula is C25H23F2N5OS. The smallest absolute Gasteiger partial charge is 0.253 e. The van der Waals surface area contributed by atoms with Gasteiger partial charge in [0, 0.05) is 13.0 Å². The second-order valence-corrected chi connectivity index (χ2v) is 9.40. The van der Waals surface area contributed by atoms with Gasteiger partial charge in [0.25, 0.3) is 5.91 Å². The molecule has 1 aliphatic heterocycles. The van der Waals surface area contributed by atoms with Gasteiger partial charge in [0.05, 0.1) is 17.5 Å². The molecule has 0 spiro atoms. The van der Waals surface area contributed by atoms with Crippen LogP contribution in [0.4, 0.5) is 8.78 Å². The maximum Gasteiger partial charge on any atom is 0.253 e. The van der Waals surface area contributed by atoms with E-state index in [0.29, 0.717) is 5.16 Å². The number of hydrogen-bond donors (Lipinski definition) is 0. The summed E-state index contributed by atoms with van der Waals surface area (Å²) in [5.41, 5.74) is 3.67. The van der Waals surface area contributed by atoms with Gasteiger partial charge >= 0.3 is 0 Å². The molecule has 2 heterocycles. The number of aromatic nitrogens is 3. The number of carbonyl (C=O) groups is 1. The Balaban J connectivity index is 1.47. The Morgan fingerprint density at radius 1 is 1.12 bits per heavy atom. The van der Waals surface area contributed by atoms with Crippen LogP contribution in [0, 0.1) is 17.6 Å². The van der Waals surface area contributed by atoms with Crippen molar-refractivity contribution >= 4 is 29.5 Å². The number of hydrogen-bond acceptors (Lipinski definition) is 5. The first kappa shape index (κ1) is 22.5. The highest BCUT2D eigenvalue weighted by Crippen LogP contribution is 2.44. The van der Waals surface area contributed by atoms with Gasteiger partial charge in [-0.05, 0) is 66.3 Å². The minimum atomic E-state index is -0.320. The first-order valence-corrected chi connectivity index (χ1v) is 12.1. The van der Waals surface area contributed by atoms with Gasteiger partial charge in [0.15, 0.2) is 5.16 Å². The number of fused-ring (bicyclic) bond motifs is 1. The molecule has 0 radical (unpaired) electrons. The summed E-state index contributed by atoms with van der Waals surface area (Å²) < 4.78 is 28.8. The van der Waals surface area contributed by atoms with E-state index in [1.807, 2.05) is 13.1 Å². The maximum atomic E-state index is 13.6. The summed E-state index contributed by atoms with van der Waals surface area (Å²) in [7, 11) is 1.82. The van der Waals surface area contributed by atoms with Gasteiger partial charge in [-0.1, -0.05) is 36.0 Å². The van der Waals surface area contributed by atoms with E-state index in [2.05, 4.69) is 10.2 Å². The van der Waals surface area contributed by atoms with E-state index in [9.17, 15) is 13.6 Å². The minimum absolute atomic E-state index is 0.00897. The zero-order valence-corrected chi connectivity index (χ0v) is 19.4. The van der Waals surface area contributed by atoms with Crippen LogP contribution in [-0.4, -0.2) is 37.1 Å². The van der Waals surface area contributed by atoms with E-state index >= 15 is 0 Å². The Bertz CT molecular complexity index is 1250. The fourth-order valence-corrected chi connectivity index (χ4v) is 5.30. The summed E-state index contributed by atoms with van der Waals surface area (Å²) in [6, 6.07) is 12.3. The predicted molar refractivity (Wildman–Crippen MR) is 127 cm³/mol. The van der Waals surface area contributed by atoms with Gasteiger partial charge in [-0.15, -0.1) is 10.2 Å². The molecule has 2 unspecified atom stereocenters. The number of benzene rings is 2. The number of nitrogens with zero attached hydrogens (tertiary/aromatic N) is 5. The second-order valence-electron chi connectivity index (χ2n) is 8.45. The summed E-state index contributed by atoms with van der Waals surface area (Å²) in [5, 5.41) is 14.9. The maximum absolute atomic E-state index is 13.6. The van der Waals surface area contributed by atoms with E-state index in [1.54, 1.807) is 40.2 Å². The molecular weight excluding hydrogens is 456 g/mol. The molecule has 9 heteroatoms. The van der Waals surface area contributed by atoms with Crippen molar-refractivity contribution in [3.05, 3.63) is 83.2 Å². The molecule has 3 aromatic rings. The minimum Gasteiger partial charge on any atom is -0.312 e. The van der Waals surface area contributed by atoms with Crippen LogP contribution in [0.3, 0.4) is 0 Å². The van der Waals surface area contributed by atoms with Crippen LogP contribution < -0.4 is 0 Å². The Morgan fingerprint density at radius 2 is 1.82 bits per heavy atom. The van der Waals surface area contributed by atoms with Crippen LogP contribution in [0.2, 0.25) is 0 Å². The SMILES string of the molecule is Cn1cnnc1SCC(=O)N1N=C2/C(=C/c3ccc(F)cc3)CCCC2C1c1ccc(F)cc1. The molecule has 2 atom stereocenters. The molecule has 1 fully saturated rings. The van der Waals surface area contributed by atoms with Gasteiger partial charge < -0.3 is 4.57 Å². The molecule has 2 aliphatic rings. The topological polar surface area (TPSA) is 63.4 Å². The monoisotopic (exact) mass is 479 g/mol. The van der Waals surface area contributed by atoms with Gasteiger partial charge in [-0.3, -0.25) is 4.79 Å². The number of amides is 1. The van der Waals surface area contributed by atoms with Crippen molar-refractivity contribution in [3.8, 4) is 0 Å². The van der Waals surface area contributed by atoms with Crippen LogP contribution >= 0.6 is 11.8 Å². The summed E-state index contributed by atoms with van der Waals surface area (Å²) in [6.07, 6.45) is 6.27. The molecule has 174 valence electrons. The normalized spacial score (nSPS) is 21.0. The van der Waals surface area contributed by atoms with E-state index in [0.717, 1.165) is 41.7 Å². The van der Waals surface area contributed by atoms with E-state index in [-0.39, 0.29) is 35.3 Å². The molecule has 6 nitrogen and oxygen atoms in total. The lowest BCUT2D eigenvalue weighted by molar-refractivity contribution is -0.130. The Labute approximate surface area is 200 Å². The highest BCUT2D eigenvalue weighted by molar-refractivity contribution is 7.99. The summed E-state index contributed by atoms with van der Waals surface area (Å²) in [5.74, 6) is -0.584. The van der Waals surface area contributed by atoms with Crippen LogP contribution in [-0.2, 0) is 11.8 Å². The lowest BCUT2D eigenvalue weighted by Gasteiger charge is -2.29. The van der Waals surface area contributed by atoms with Gasteiger partial charge in [0.2, 0.25) is 0 Å². The lowest BCUT2D eigenvalue weighted by atomic mass is 9.77. The molecule has 2 aromatic carbocycles. The fourth-order valence-electron chi connectivity index (χ4n) is 4.56. The summed E-state index contributed by atoms with van der Waals surface area (Å²) in [6.45, 7) is 0. The zero-order chi connectivity index (χ0) is 23.7. The van der Waals surface area contributed by atoms with Crippen molar-refractivity contribution in [2.24, 2.45) is 18.1 Å². The number of halogens is 2. The number of allylic oxidation sites excluding steroid dienone is 1. The van der Waals surface area contributed by atoms with E-state index < -0.39 is 0 Å². The Hall–Kier alpha value is -3.33. The number of carbonyl (C=O) groups excluding carboxylic acids is 1. The van der Waals surface area contributed by atoms with E-state index in [1.165, 1.54) is 36.0 Å². The standard InChI is InChI=1S/C25H23F2N5OS/c1-31-15-28-29-25(31)34-14-22(33)32-24(17-7-11-20(27)12-8-17)21-4-2-3-18(23(21)30-32)13-16-5-9-19(26)10-6-16/h5-13,15,21,24H,2-4,14H2,1H3/b18-13+. The molecule has 1 aromatic heterocycles. The first-order valence-electron chi connectivity index (χ1n) is 11.1.